The molecule has 4 rings (SSSR count). The van der Waals surface area contributed by atoms with Gasteiger partial charge in [0.1, 0.15) is 18.0 Å². The van der Waals surface area contributed by atoms with Crippen LogP contribution in [-0.4, -0.2) is 51.2 Å². The Morgan fingerprint density at radius 3 is 2.66 bits per heavy atom. The maximum atomic E-state index is 12.9. The number of anilines is 2. The highest BCUT2D eigenvalue weighted by molar-refractivity contribution is 5.47. The highest BCUT2D eigenvalue weighted by Gasteiger charge is 2.31. The van der Waals surface area contributed by atoms with Crippen molar-refractivity contribution in [2.45, 2.75) is 25.9 Å². The molecule has 10 heteroatoms. The van der Waals surface area contributed by atoms with E-state index in [0.29, 0.717) is 24.1 Å². The second-order valence-corrected chi connectivity index (χ2v) is 7.44. The maximum absolute atomic E-state index is 12.9. The van der Waals surface area contributed by atoms with Crippen LogP contribution in [-0.2, 0) is 6.18 Å². The first-order valence-corrected chi connectivity index (χ1v) is 9.48. The predicted molar refractivity (Wildman–Crippen MR) is 103 cm³/mol. The van der Waals surface area contributed by atoms with Gasteiger partial charge in [0, 0.05) is 44.6 Å². The largest absolute Gasteiger partial charge is 0.416 e. The number of piperidine rings is 1. The monoisotopic (exact) mass is 405 g/mol. The zero-order valence-corrected chi connectivity index (χ0v) is 16.3. The highest BCUT2D eigenvalue weighted by atomic mass is 19.4. The van der Waals surface area contributed by atoms with Gasteiger partial charge in [-0.25, -0.2) is 9.97 Å². The summed E-state index contributed by atoms with van der Waals surface area (Å²) in [5.74, 6) is 2.27. The van der Waals surface area contributed by atoms with Gasteiger partial charge in [0.2, 0.25) is 0 Å². The average Bonchev–Trinajstić information content (AvgIpc) is 3.16. The number of alkyl halides is 3. The minimum Gasteiger partial charge on any atom is -0.359 e. The van der Waals surface area contributed by atoms with Gasteiger partial charge in [0.05, 0.1) is 5.56 Å². The Hall–Kier alpha value is -2.91. The number of aromatic nitrogens is 5. The van der Waals surface area contributed by atoms with Gasteiger partial charge in [0.15, 0.2) is 0 Å². The fraction of sp³-hybridized carbons (Fsp3) is 0.474. The van der Waals surface area contributed by atoms with E-state index in [4.69, 9.17) is 0 Å². The Morgan fingerprint density at radius 2 is 1.93 bits per heavy atom. The van der Waals surface area contributed by atoms with Crippen molar-refractivity contribution in [3.05, 3.63) is 42.0 Å². The van der Waals surface area contributed by atoms with E-state index < -0.39 is 11.7 Å². The normalized spacial score (nSPS) is 15.8. The van der Waals surface area contributed by atoms with Gasteiger partial charge in [-0.15, -0.1) is 0 Å². The summed E-state index contributed by atoms with van der Waals surface area (Å²) in [7, 11) is 1.79. The average molecular weight is 405 g/mol. The Bertz CT molecular complexity index is 993. The van der Waals surface area contributed by atoms with E-state index in [1.807, 2.05) is 17.9 Å². The molecule has 0 radical (unpaired) electrons. The fourth-order valence-electron chi connectivity index (χ4n) is 3.77. The summed E-state index contributed by atoms with van der Waals surface area (Å²) in [6.07, 6.45) is 0.211. The van der Waals surface area contributed by atoms with E-state index >= 15 is 0 Å². The molecule has 1 saturated heterocycles. The highest BCUT2D eigenvalue weighted by Crippen LogP contribution is 2.31. The Labute approximate surface area is 166 Å². The molecule has 0 aliphatic carbocycles. The number of hydrogen-bond acceptors (Lipinski definition) is 6. The molecule has 0 amide bonds. The van der Waals surface area contributed by atoms with Crippen LogP contribution in [0.25, 0.3) is 5.78 Å². The molecule has 0 bridgehead atoms. The SMILES string of the molecule is Cc1cc(N2CCC(CN(C)c3cc(C(F)(F)F)ccn3)CC2)n2ncnc2n1. The first-order valence-electron chi connectivity index (χ1n) is 9.48. The molecule has 0 unspecified atom stereocenters. The molecule has 0 saturated carbocycles. The fourth-order valence-corrected chi connectivity index (χ4v) is 3.77. The van der Waals surface area contributed by atoms with E-state index in [9.17, 15) is 13.2 Å². The molecular weight excluding hydrogens is 383 g/mol. The van der Waals surface area contributed by atoms with E-state index in [1.54, 1.807) is 11.6 Å². The molecule has 0 N–H and O–H groups in total. The smallest absolute Gasteiger partial charge is 0.359 e. The van der Waals surface area contributed by atoms with Crippen LogP contribution < -0.4 is 9.80 Å². The number of fused-ring (bicyclic) bond motifs is 1. The summed E-state index contributed by atoms with van der Waals surface area (Å²) in [6, 6.07) is 4.11. The van der Waals surface area contributed by atoms with Crippen LogP contribution in [0.1, 0.15) is 24.1 Å². The lowest BCUT2D eigenvalue weighted by Crippen LogP contribution is -2.39. The van der Waals surface area contributed by atoms with Gasteiger partial charge < -0.3 is 9.80 Å². The number of aryl methyl sites for hydroxylation is 1. The van der Waals surface area contributed by atoms with Crippen molar-refractivity contribution in [1.29, 1.82) is 0 Å². The molecule has 0 aromatic carbocycles. The maximum Gasteiger partial charge on any atom is 0.416 e. The third-order valence-corrected chi connectivity index (χ3v) is 5.30. The zero-order chi connectivity index (χ0) is 20.6. The number of halogens is 3. The van der Waals surface area contributed by atoms with Crippen LogP contribution in [0.3, 0.4) is 0 Å². The second kappa shape index (κ2) is 7.49. The lowest BCUT2D eigenvalue weighted by atomic mass is 9.96. The van der Waals surface area contributed by atoms with Crippen molar-refractivity contribution >= 4 is 17.4 Å². The summed E-state index contributed by atoms with van der Waals surface area (Å²) in [4.78, 5) is 16.7. The zero-order valence-electron chi connectivity index (χ0n) is 16.3. The molecule has 0 spiro atoms. The number of nitrogens with zero attached hydrogens (tertiary/aromatic N) is 7. The van der Waals surface area contributed by atoms with Gasteiger partial charge in [-0.1, -0.05) is 0 Å². The van der Waals surface area contributed by atoms with Gasteiger partial charge >= 0.3 is 6.18 Å². The van der Waals surface area contributed by atoms with Gasteiger partial charge in [-0.05, 0) is 37.8 Å². The van der Waals surface area contributed by atoms with Crippen molar-refractivity contribution in [3.8, 4) is 0 Å². The minimum absolute atomic E-state index is 0.344. The van der Waals surface area contributed by atoms with E-state index in [-0.39, 0.29) is 0 Å². The molecule has 4 heterocycles. The molecule has 1 aliphatic rings. The van der Waals surface area contributed by atoms with Crippen molar-refractivity contribution in [3.63, 3.8) is 0 Å². The minimum atomic E-state index is -4.36. The third kappa shape index (κ3) is 4.10. The summed E-state index contributed by atoms with van der Waals surface area (Å²) >= 11 is 0. The molecule has 3 aromatic heterocycles. The number of pyridine rings is 1. The summed E-state index contributed by atoms with van der Waals surface area (Å²) < 4.78 is 40.6. The van der Waals surface area contributed by atoms with Crippen LogP contribution in [0.4, 0.5) is 24.8 Å². The molecule has 1 aliphatic heterocycles. The molecule has 0 atom stereocenters. The quantitative estimate of drug-likeness (QED) is 0.664. The van der Waals surface area contributed by atoms with Crippen LogP contribution >= 0.6 is 0 Å². The molecule has 7 nitrogen and oxygen atoms in total. The summed E-state index contributed by atoms with van der Waals surface area (Å²) in [6.45, 7) is 4.28. The Balaban J connectivity index is 1.41. The van der Waals surface area contributed by atoms with Gasteiger partial charge in [-0.3, -0.25) is 0 Å². The van der Waals surface area contributed by atoms with Crippen molar-refractivity contribution < 1.29 is 13.2 Å². The lowest BCUT2D eigenvalue weighted by molar-refractivity contribution is -0.137. The van der Waals surface area contributed by atoms with Crippen molar-refractivity contribution in [2.24, 2.45) is 5.92 Å². The Kier molecular flexibility index (Phi) is 5.01. The Morgan fingerprint density at radius 1 is 1.17 bits per heavy atom. The standard InChI is InChI=1S/C19H22F3N7/c1-13-9-17(29-18(26-13)24-12-25-29)28-7-4-14(5-8-28)11-27(2)16-10-15(3-6-23-16)19(20,21)22/h3,6,9-10,12,14H,4-5,7-8,11H2,1-2H3. The predicted octanol–water partition coefficient (Wildman–Crippen LogP) is 3.20. The summed E-state index contributed by atoms with van der Waals surface area (Å²) in [5, 5.41) is 4.26. The molecular formula is C19H22F3N7. The second-order valence-electron chi connectivity index (χ2n) is 7.44. The molecule has 154 valence electrons. The van der Waals surface area contributed by atoms with Crippen LogP contribution in [0, 0.1) is 12.8 Å². The van der Waals surface area contributed by atoms with Crippen LogP contribution in [0.15, 0.2) is 30.7 Å². The lowest BCUT2D eigenvalue weighted by Gasteiger charge is -2.35. The number of hydrogen-bond donors (Lipinski definition) is 0. The van der Waals surface area contributed by atoms with Crippen molar-refractivity contribution in [1.82, 2.24) is 24.6 Å². The van der Waals surface area contributed by atoms with E-state index in [2.05, 4.69) is 25.0 Å². The van der Waals surface area contributed by atoms with Gasteiger partial charge in [0.25, 0.3) is 5.78 Å². The van der Waals surface area contributed by atoms with E-state index in [0.717, 1.165) is 49.6 Å². The third-order valence-electron chi connectivity index (χ3n) is 5.30. The van der Waals surface area contributed by atoms with Crippen LogP contribution in [0.5, 0.6) is 0 Å². The first-order chi connectivity index (χ1) is 13.8. The number of rotatable bonds is 4. The van der Waals surface area contributed by atoms with Crippen LogP contribution in [0.2, 0.25) is 0 Å². The first kappa shape index (κ1) is 19.4. The molecule has 1 fully saturated rings. The molecule has 3 aromatic rings. The topological polar surface area (TPSA) is 62.5 Å². The van der Waals surface area contributed by atoms with Crippen molar-refractivity contribution in [2.75, 3.05) is 36.5 Å². The van der Waals surface area contributed by atoms with E-state index in [1.165, 1.54) is 12.5 Å². The molecule has 29 heavy (non-hydrogen) atoms. The summed E-state index contributed by atoms with van der Waals surface area (Å²) in [5.41, 5.74) is 0.215. The van der Waals surface area contributed by atoms with Gasteiger partial charge in [-0.2, -0.15) is 27.8 Å².